The summed E-state index contributed by atoms with van der Waals surface area (Å²) < 4.78 is 28.3. The molecule has 0 amide bonds. The predicted molar refractivity (Wildman–Crippen MR) is 303 cm³/mol. The molecule has 424 valence electrons. The molecule has 1 saturated heterocycles. The van der Waals surface area contributed by atoms with Gasteiger partial charge in [-0.25, -0.2) is 4.79 Å². The largest absolute Gasteiger partial charge is 0.479 e. The summed E-state index contributed by atoms with van der Waals surface area (Å²) in [6.45, 7) is 5.66. The molecular weight excluding hydrogens is 949 g/mol. The Kier molecular flexibility index (Phi) is 45.8. The maximum atomic E-state index is 13.1. The van der Waals surface area contributed by atoms with E-state index in [1.807, 2.05) is 6.08 Å². The summed E-state index contributed by atoms with van der Waals surface area (Å²) in [6.07, 6.45) is 55.0. The molecule has 0 aromatic rings. The van der Waals surface area contributed by atoms with E-state index in [4.69, 9.17) is 23.7 Å². The lowest BCUT2D eigenvalue weighted by molar-refractivity contribution is -0.301. The first kappa shape index (κ1) is 68.4. The molecule has 1 fully saturated rings. The average molecular weight is 1050 g/mol. The van der Waals surface area contributed by atoms with Crippen LogP contribution in [-0.2, 0) is 42.9 Å². The summed E-state index contributed by atoms with van der Waals surface area (Å²) in [5.74, 6) is -3.27. The van der Waals surface area contributed by atoms with E-state index in [-0.39, 0.29) is 25.9 Å². The van der Waals surface area contributed by atoms with Crippen LogP contribution in [0.1, 0.15) is 213 Å². The van der Waals surface area contributed by atoms with Crippen molar-refractivity contribution in [2.75, 3.05) is 13.2 Å². The van der Waals surface area contributed by atoms with Crippen molar-refractivity contribution < 1.29 is 58.2 Å². The fraction of sp³-hybridized carbons (Fsp3) is 0.651. The first-order valence-electron chi connectivity index (χ1n) is 28.9. The number of aliphatic hydroxyl groups is 2. The van der Waals surface area contributed by atoms with Crippen molar-refractivity contribution in [2.24, 2.45) is 0 Å². The number of rotatable bonds is 47. The van der Waals surface area contributed by atoms with E-state index in [0.717, 1.165) is 96.3 Å². The number of aliphatic carboxylic acids is 1. The van der Waals surface area contributed by atoms with E-state index in [2.05, 4.69) is 124 Å². The highest BCUT2D eigenvalue weighted by atomic mass is 16.7. The number of carbonyl (C=O) groups excluding carboxylic acids is 3. The van der Waals surface area contributed by atoms with Gasteiger partial charge in [0, 0.05) is 19.3 Å². The van der Waals surface area contributed by atoms with Crippen molar-refractivity contribution in [1.29, 1.82) is 0 Å². The Bertz CT molecular complexity index is 1720. The van der Waals surface area contributed by atoms with Gasteiger partial charge in [0.1, 0.15) is 18.8 Å². The van der Waals surface area contributed by atoms with Crippen LogP contribution in [0.4, 0.5) is 0 Å². The Morgan fingerprint density at radius 3 is 1.32 bits per heavy atom. The molecule has 0 aromatic heterocycles. The molecular formula is C63H100O12. The van der Waals surface area contributed by atoms with E-state index in [1.54, 1.807) is 0 Å². The summed E-state index contributed by atoms with van der Waals surface area (Å²) in [4.78, 5) is 51.0. The first-order chi connectivity index (χ1) is 36.6. The van der Waals surface area contributed by atoms with Crippen LogP contribution in [0.25, 0.3) is 0 Å². The summed E-state index contributed by atoms with van der Waals surface area (Å²) in [5.41, 5.74) is 0. The number of allylic oxidation sites excluding steroid dienone is 18. The van der Waals surface area contributed by atoms with Crippen molar-refractivity contribution in [3.63, 3.8) is 0 Å². The summed E-state index contributed by atoms with van der Waals surface area (Å²) >= 11 is 0. The maximum Gasteiger partial charge on any atom is 0.335 e. The average Bonchev–Trinajstić information content (AvgIpc) is 3.39. The van der Waals surface area contributed by atoms with Crippen LogP contribution in [0.15, 0.2) is 109 Å². The topological polar surface area (TPSA) is 175 Å². The van der Waals surface area contributed by atoms with Crippen LogP contribution in [0, 0.1) is 0 Å². The quantitative estimate of drug-likeness (QED) is 0.0228. The van der Waals surface area contributed by atoms with Crippen LogP contribution in [0.2, 0.25) is 0 Å². The van der Waals surface area contributed by atoms with Gasteiger partial charge in [-0.3, -0.25) is 14.4 Å². The minimum Gasteiger partial charge on any atom is -0.479 e. The molecule has 0 radical (unpaired) electrons. The van der Waals surface area contributed by atoms with Gasteiger partial charge in [0.15, 0.2) is 24.6 Å². The Hall–Kier alpha value is -4.62. The third-order valence-electron chi connectivity index (χ3n) is 12.3. The predicted octanol–water partition coefficient (Wildman–Crippen LogP) is 14.7. The van der Waals surface area contributed by atoms with Crippen LogP contribution < -0.4 is 0 Å². The number of ether oxygens (including phenoxy) is 5. The number of aliphatic hydroxyl groups excluding tert-OH is 2. The van der Waals surface area contributed by atoms with Crippen molar-refractivity contribution in [3.05, 3.63) is 109 Å². The van der Waals surface area contributed by atoms with Gasteiger partial charge in [-0.05, 0) is 96.3 Å². The monoisotopic (exact) mass is 1050 g/mol. The SMILES string of the molecule is CC/C=C\C/C=C\C/C=C\C/C=C\C/C=C\CCCC(=O)OCC(COC1OC(C(=O)O)C(O)C(O)C1OC(=O)CCCCCCCCCCCCCCC)OC(=O)CCCC/C=C\C/C=C\C/C=C\C/C=C\CC. The lowest BCUT2D eigenvalue weighted by Gasteiger charge is -2.40. The van der Waals surface area contributed by atoms with E-state index in [9.17, 15) is 34.5 Å². The van der Waals surface area contributed by atoms with Gasteiger partial charge < -0.3 is 39.0 Å². The molecule has 0 bridgehead atoms. The molecule has 6 atom stereocenters. The Morgan fingerprint density at radius 1 is 0.453 bits per heavy atom. The highest BCUT2D eigenvalue weighted by molar-refractivity contribution is 5.74. The number of hydrogen-bond acceptors (Lipinski definition) is 11. The highest BCUT2D eigenvalue weighted by Gasteiger charge is 2.50. The Labute approximate surface area is 453 Å². The van der Waals surface area contributed by atoms with Gasteiger partial charge >= 0.3 is 23.9 Å². The lowest BCUT2D eigenvalue weighted by Crippen LogP contribution is -2.61. The summed E-state index contributed by atoms with van der Waals surface area (Å²) in [5, 5.41) is 31.4. The smallest absolute Gasteiger partial charge is 0.335 e. The third-order valence-corrected chi connectivity index (χ3v) is 12.3. The van der Waals surface area contributed by atoms with Gasteiger partial charge in [0.25, 0.3) is 0 Å². The minimum atomic E-state index is -1.92. The molecule has 75 heavy (non-hydrogen) atoms. The van der Waals surface area contributed by atoms with E-state index < -0.39 is 67.3 Å². The molecule has 0 aliphatic carbocycles. The summed E-state index contributed by atoms with van der Waals surface area (Å²) in [7, 11) is 0. The zero-order chi connectivity index (χ0) is 54.7. The van der Waals surface area contributed by atoms with Gasteiger partial charge in [0.2, 0.25) is 0 Å². The number of carboxylic acid groups (broad SMARTS) is 1. The van der Waals surface area contributed by atoms with Crippen LogP contribution >= 0.6 is 0 Å². The zero-order valence-electron chi connectivity index (χ0n) is 46.5. The van der Waals surface area contributed by atoms with Crippen molar-refractivity contribution in [2.45, 2.75) is 250 Å². The maximum absolute atomic E-state index is 13.1. The molecule has 0 aromatic carbocycles. The Balaban J connectivity index is 2.78. The normalized spacial score (nSPS) is 19.0. The molecule has 12 heteroatoms. The standard InChI is InChI=1S/C63H100O12/c1-4-7-10-13-16-19-22-25-27-28-30-32-34-37-40-43-46-49-55(64)71-52-54(73-56(65)50-47-44-41-38-36-33-29-26-23-20-17-14-11-8-5-2)53-72-63-61(59(68)58(67)60(75-63)62(69)70)74-57(66)51-48-45-42-39-35-31-24-21-18-15-12-9-6-3/h7-8,10-11,16-17,19-20,25-27,29-30,32,36-38,40,54,58-61,63,67-68H,4-6,9,12-15,18,21-24,28,31,33-35,39,41-53H2,1-3H3,(H,69,70)/b10-7-,11-8-,19-16-,20-17-,27-25-,29-26-,32-30-,38-36-,40-37-. The molecule has 1 rings (SSSR count). The van der Waals surface area contributed by atoms with E-state index in [0.29, 0.717) is 25.7 Å². The van der Waals surface area contributed by atoms with Crippen LogP contribution in [-0.4, -0.2) is 89.2 Å². The number of unbranched alkanes of at least 4 members (excludes halogenated alkanes) is 15. The number of carboxylic acids is 1. The molecule has 0 spiro atoms. The molecule has 1 heterocycles. The molecule has 1 aliphatic heterocycles. The van der Waals surface area contributed by atoms with Gasteiger partial charge in [-0.15, -0.1) is 0 Å². The second kappa shape index (κ2) is 50.2. The van der Waals surface area contributed by atoms with E-state index in [1.165, 1.54) is 51.4 Å². The van der Waals surface area contributed by atoms with Gasteiger partial charge in [0.05, 0.1) is 6.61 Å². The molecule has 12 nitrogen and oxygen atoms in total. The summed E-state index contributed by atoms with van der Waals surface area (Å²) in [6, 6.07) is 0. The molecule has 6 unspecified atom stereocenters. The van der Waals surface area contributed by atoms with Crippen molar-refractivity contribution in [1.82, 2.24) is 0 Å². The zero-order valence-corrected chi connectivity index (χ0v) is 46.5. The second-order valence-electron chi connectivity index (χ2n) is 19.2. The van der Waals surface area contributed by atoms with Crippen molar-refractivity contribution >= 4 is 23.9 Å². The lowest BCUT2D eigenvalue weighted by atomic mass is 9.98. The fourth-order valence-corrected chi connectivity index (χ4v) is 7.98. The fourth-order valence-electron chi connectivity index (χ4n) is 7.98. The Morgan fingerprint density at radius 2 is 0.853 bits per heavy atom. The first-order valence-corrected chi connectivity index (χ1v) is 28.9. The number of carbonyl (C=O) groups is 4. The van der Waals surface area contributed by atoms with Crippen LogP contribution in [0.5, 0.6) is 0 Å². The third kappa shape index (κ3) is 40.3. The van der Waals surface area contributed by atoms with Crippen molar-refractivity contribution in [3.8, 4) is 0 Å². The van der Waals surface area contributed by atoms with E-state index >= 15 is 0 Å². The number of esters is 3. The molecule has 0 saturated carbocycles. The molecule has 3 N–H and O–H groups in total. The minimum absolute atomic E-state index is 0.0473. The highest BCUT2D eigenvalue weighted by Crippen LogP contribution is 2.26. The van der Waals surface area contributed by atoms with Gasteiger partial charge in [-0.1, -0.05) is 207 Å². The number of hydrogen-bond donors (Lipinski definition) is 3. The molecule has 1 aliphatic rings. The second-order valence-corrected chi connectivity index (χ2v) is 19.2. The van der Waals surface area contributed by atoms with Crippen LogP contribution in [0.3, 0.4) is 0 Å². The van der Waals surface area contributed by atoms with Gasteiger partial charge in [-0.2, -0.15) is 0 Å².